The van der Waals surface area contributed by atoms with Gasteiger partial charge in [-0.3, -0.25) is 0 Å². The summed E-state index contributed by atoms with van der Waals surface area (Å²) in [7, 11) is 0. The van der Waals surface area contributed by atoms with Crippen molar-refractivity contribution < 1.29 is 0 Å². The lowest BCUT2D eigenvalue weighted by atomic mass is 10.1. The molecule has 1 aromatic carbocycles. The number of fused-ring (bicyclic) bond motifs is 1. The van der Waals surface area contributed by atoms with Crippen LogP contribution in [0, 0.1) is 17.2 Å². The zero-order valence-corrected chi connectivity index (χ0v) is 12.1. The number of H-pyrrole nitrogens is 1. The average molecular weight is 280 g/mol. The highest BCUT2D eigenvalue weighted by atomic mass is 15.2. The van der Waals surface area contributed by atoms with Crippen molar-refractivity contribution in [3.8, 4) is 6.07 Å². The largest absolute Gasteiger partial charge is 0.361 e. The van der Waals surface area contributed by atoms with Crippen molar-refractivity contribution in [2.24, 2.45) is 5.92 Å². The second-order valence-corrected chi connectivity index (χ2v) is 6.27. The topological polar surface area (TPSA) is 54.9 Å². The maximum atomic E-state index is 9.08. The van der Waals surface area contributed by atoms with Crippen molar-refractivity contribution in [2.75, 3.05) is 32.7 Å². The molecule has 2 heterocycles. The molecule has 0 unspecified atom stereocenters. The summed E-state index contributed by atoms with van der Waals surface area (Å²) in [6.07, 6.45) is 3.43. The predicted molar refractivity (Wildman–Crippen MR) is 83.2 cm³/mol. The molecule has 4 rings (SSSR count). The van der Waals surface area contributed by atoms with Gasteiger partial charge < -0.3 is 15.2 Å². The minimum absolute atomic E-state index is 0.669. The van der Waals surface area contributed by atoms with Crippen LogP contribution in [0.25, 0.3) is 10.9 Å². The molecule has 1 aliphatic carbocycles. The Bertz CT molecular complexity index is 690. The van der Waals surface area contributed by atoms with Crippen molar-refractivity contribution in [3.63, 3.8) is 0 Å². The number of aromatic amines is 1. The molecule has 0 bridgehead atoms. The number of piperazine rings is 1. The maximum absolute atomic E-state index is 9.08. The molecule has 2 fully saturated rings. The first-order valence-electron chi connectivity index (χ1n) is 7.79. The number of hydrogen-bond donors (Lipinski definition) is 2. The van der Waals surface area contributed by atoms with Gasteiger partial charge >= 0.3 is 0 Å². The van der Waals surface area contributed by atoms with Gasteiger partial charge in [-0.15, -0.1) is 0 Å². The van der Waals surface area contributed by atoms with Gasteiger partial charge in [0.05, 0.1) is 11.6 Å². The Hall–Kier alpha value is -1.83. The van der Waals surface area contributed by atoms with Crippen molar-refractivity contribution in [1.82, 2.24) is 15.2 Å². The Balaban J connectivity index is 1.51. The van der Waals surface area contributed by atoms with E-state index in [1.807, 2.05) is 18.2 Å². The van der Waals surface area contributed by atoms with Crippen LogP contribution in [0.1, 0.15) is 23.5 Å². The molecule has 21 heavy (non-hydrogen) atoms. The van der Waals surface area contributed by atoms with Crippen molar-refractivity contribution >= 4 is 10.9 Å². The van der Waals surface area contributed by atoms with Gasteiger partial charge in [0.15, 0.2) is 0 Å². The standard InChI is InChI=1S/C17H20N4/c18-9-12-1-2-17-15(7-12)16(10-20-17)14-8-13(14)11-21-5-3-19-4-6-21/h1-2,7,10,13-14,19-20H,3-6,8,11H2/t13-,14+/m0/s1. The van der Waals surface area contributed by atoms with Gasteiger partial charge in [-0.25, -0.2) is 0 Å². The highest BCUT2D eigenvalue weighted by Crippen LogP contribution is 2.49. The molecule has 4 heteroatoms. The van der Waals surface area contributed by atoms with Gasteiger partial charge in [-0.05, 0) is 42.0 Å². The molecule has 0 amide bonds. The van der Waals surface area contributed by atoms with Gasteiger partial charge in [0.25, 0.3) is 0 Å². The lowest BCUT2D eigenvalue weighted by Gasteiger charge is -2.27. The number of nitrogens with one attached hydrogen (secondary N) is 2. The lowest BCUT2D eigenvalue weighted by molar-refractivity contribution is 0.231. The van der Waals surface area contributed by atoms with Gasteiger partial charge in [0.1, 0.15) is 0 Å². The smallest absolute Gasteiger partial charge is 0.0991 e. The van der Waals surface area contributed by atoms with Crippen LogP contribution in [0.3, 0.4) is 0 Å². The number of aromatic nitrogens is 1. The van der Waals surface area contributed by atoms with Crippen LogP contribution in [-0.2, 0) is 0 Å². The van der Waals surface area contributed by atoms with Gasteiger partial charge in [0.2, 0.25) is 0 Å². The van der Waals surface area contributed by atoms with E-state index < -0.39 is 0 Å². The summed E-state index contributed by atoms with van der Waals surface area (Å²) in [6.45, 7) is 5.81. The van der Waals surface area contributed by atoms with Crippen molar-refractivity contribution in [3.05, 3.63) is 35.5 Å². The van der Waals surface area contributed by atoms with E-state index in [1.165, 1.54) is 37.0 Å². The third kappa shape index (κ3) is 2.44. The maximum Gasteiger partial charge on any atom is 0.0991 e. The van der Waals surface area contributed by atoms with E-state index in [9.17, 15) is 0 Å². The van der Waals surface area contributed by atoms with Crippen LogP contribution in [0.2, 0.25) is 0 Å². The molecular weight excluding hydrogens is 260 g/mol. The lowest BCUT2D eigenvalue weighted by Crippen LogP contribution is -2.44. The number of nitriles is 1. The van der Waals surface area contributed by atoms with E-state index in [0.29, 0.717) is 5.92 Å². The molecule has 1 aliphatic heterocycles. The molecule has 2 aliphatic rings. The summed E-state index contributed by atoms with van der Waals surface area (Å²) in [5.41, 5.74) is 3.31. The molecular formula is C17H20N4. The summed E-state index contributed by atoms with van der Waals surface area (Å²) in [5, 5.41) is 13.7. The first kappa shape index (κ1) is 12.9. The number of rotatable bonds is 3. The fourth-order valence-electron chi connectivity index (χ4n) is 3.57. The molecule has 2 N–H and O–H groups in total. The van der Waals surface area contributed by atoms with Crippen LogP contribution in [0.15, 0.2) is 24.4 Å². The van der Waals surface area contributed by atoms with E-state index >= 15 is 0 Å². The second kappa shape index (κ2) is 5.18. The Kier molecular flexibility index (Phi) is 3.17. The highest BCUT2D eigenvalue weighted by molar-refractivity contribution is 5.85. The molecule has 2 aromatic rings. The highest BCUT2D eigenvalue weighted by Gasteiger charge is 2.40. The van der Waals surface area contributed by atoms with E-state index in [4.69, 9.17) is 5.26 Å². The normalized spacial score (nSPS) is 25.9. The summed E-state index contributed by atoms with van der Waals surface area (Å²) < 4.78 is 0. The van der Waals surface area contributed by atoms with Gasteiger partial charge in [0, 0.05) is 49.8 Å². The predicted octanol–water partition coefficient (Wildman–Crippen LogP) is 2.05. The summed E-state index contributed by atoms with van der Waals surface area (Å²) in [5.74, 6) is 1.45. The molecule has 2 atom stereocenters. The Labute approximate surface area is 124 Å². The number of benzene rings is 1. The Morgan fingerprint density at radius 3 is 2.95 bits per heavy atom. The van der Waals surface area contributed by atoms with Crippen LogP contribution < -0.4 is 5.32 Å². The molecule has 0 spiro atoms. The second-order valence-electron chi connectivity index (χ2n) is 6.27. The van der Waals surface area contributed by atoms with Crippen LogP contribution in [0.5, 0.6) is 0 Å². The molecule has 0 radical (unpaired) electrons. The van der Waals surface area contributed by atoms with E-state index in [0.717, 1.165) is 30.1 Å². The van der Waals surface area contributed by atoms with Crippen molar-refractivity contribution in [1.29, 1.82) is 5.26 Å². The minimum Gasteiger partial charge on any atom is -0.361 e. The molecule has 108 valence electrons. The number of hydrogen-bond acceptors (Lipinski definition) is 3. The third-order valence-electron chi connectivity index (χ3n) is 4.87. The fourth-order valence-corrected chi connectivity index (χ4v) is 3.57. The summed E-state index contributed by atoms with van der Waals surface area (Å²) in [4.78, 5) is 5.93. The third-order valence-corrected chi connectivity index (χ3v) is 4.87. The fraction of sp³-hybridized carbons (Fsp3) is 0.471. The number of nitrogens with zero attached hydrogens (tertiary/aromatic N) is 2. The Morgan fingerprint density at radius 1 is 1.29 bits per heavy atom. The molecule has 1 saturated heterocycles. The van der Waals surface area contributed by atoms with Gasteiger partial charge in [-0.1, -0.05) is 0 Å². The van der Waals surface area contributed by atoms with Crippen LogP contribution >= 0.6 is 0 Å². The summed E-state index contributed by atoms with van der Waals surface area (Å²) >= 11 is 0. The molecule has 4 nitrogen and oxygen atoms in total. The zero-order chi connectivity index (χ0) is 14.2. The van der Waals surface area contributed by atoms with Crippen molar-refractivity contribution in [2.45, 2.75) is 12.3 Å². The molecule has 1 saturated carbocycles. The molecule has 1 aromatic heterocycles. The SMILES string of the molecule is N#Cc1ccc2[nH]cc([C@@H]3C[C@H]3CN3CCNCC3)c2c1. The quantitative estimate of drug-likeness (QED) is 0.904. The average Bonchev–Trinajstić information content (AvgIpc) is 3.15. The summed E-state index contributed by atoms with van der Waals surface area (Å²) in [6, 6.07) is 8.17. The van der Waals surface area contributed by atoms with Crippen LogP contribution in [0.4, 0.5) is 0 Å². The first-order valence-corrected chi connectivity index (χ1v) is 7.79. The monoisotopic (exact) mass is 280 g/mol. The zero-order valence-electron chi connectivity index (χ0n) is 12.1. The van der Waals surface area contributed by atoms with E-state index in [2.05, 4.69) is 27.5 Å². The van der Waals surface area contributed by atoms with Gasteiger partial charge in [-0.2, -0.15) is 5.26 Å². The Morgan fingerprint density at radius 2 is 2.14 bits per heavy atom. The van der Waals surface area contributed by atoms with Crippen LogP contribution in [-0.4, -0.2) is 42.6 Å². The minimum atomic E-state index is 0.669. The first-order chi connectivity index (χ1) is 10.3. The van der Waals surface area contributed by atoms with E-state index in [-0.39, 0.29) is 0 Å². The van der Waals surface area contributed by atoms with E-state index in [1.54, 1.807) is 0 Å².